The number of carbonyl (C=O) groups is 1. The molecule has 2 aromatic rings. The third kappa shape index (κ3) is 3.05. The van der Waals surface area contributed by atoms with Crippen molar-refractivity contribution >= 4 is 28.6 Å². The lowest BCUT2D eigenvalue weighted by Crippen LogP contribution is -2.40. The number of hydrogen-bond donors (Lipinski definition) is 1. The molecule has 100 valence electrons. The van der Waals surface area contributed by atoms with Gasteiger partial charge in [-0.25, -0.2) is 0 Å². The molecule has 3 rings (SSSR count). The second kappa shape index (κ2) is 5.86. The monoisotopic (exact) mass is 292 g/mol. The average Bonchev–Trinajstić information content (AvgIpc) is 3.08. The van der Waals surface area contributed by atoms with E-state index in [1.807, 2.05) is 11.0 Å². The zero-order valence-electron chi connectivity index (χ0n) is 10.6. The summed E-state index contributed by atoms with van der Waals surface area (Å²) in [6, 6.07) is 6.26. The minimum Gasteiger partial charge on any atom is -0.337 e. The van der Waals surface area contributed by atoms with Gasteiger partial charge >= 0.3 is 0 Å². The summed E-state index contributed by atoms with van der Waals surface area (Å²) in [5.41, 5.74) is 1.32. The third-order valence-corrected chi connectivity index (χ3v) is 5.22. The van der Waals surface area contributed by atoms with Crippen molar-refractivity contribution in [2.24, 2.45) is 0 Å². The van der Waals surface area contributed by atoms with Gasteiger partial charge in [0.15, 0.2) is 0 Å². The third-order valence-electron chi connectivity index (χ3n) is 3.32. The first-order chi connectivity index (χ1) is 9.33. The van der Waals surface area contributed by atoms with E-state index in [1.165, 1.54) is 15.3 Å². The Morgan fingerprint density at radius 2 is 2.26 bits per heavy atom. The Morgan fingerprint density at radius 1 is 1.32 bits per heavy atom. The van der Waals surface area contributed by atoms with Crippen LogP contribution in [0.25, 0.3) is 0 Å². The Hall–Kier alpha value is -1.17. The van der Waals surface area contributed by atoms with Gasteiger partial charge in [-0.1, -0.05) is 6.07 Å². The summed E-state index contributed by atoms with van der Waals surface area (Å²) < 4.78 is 0. The highest BCUT2D eigenvalue weighted by molar-refractivity contribution is 7.10. The van der Waals surface area contributed by atoms with Crippen LogP contribution in [-0.2, 0) is 24.3 Å². The molecule has 1 N–H and O–H groups in total. The number of nitrogens with zero attached hydrogens (tertiary/aromatic N) is 1. The van der Waals surface area contributed by atoms with Crippen molar-refractivity contribution in [2.45, 2.75) is 19.5 Å². The van der Waals surface area contributed by atoms with Gasteiger partial charge in [-0.05, 0) is 34.9 Å². The number of rotatable bonds is 4. The van der Waals surface area contributed by atoms with Gasteiger partial charge in [0.1, 0.15) is 0 Å². The van der Waals surface area contributed by atoms with Gasteiger partial charge in [0.2, 0.25) is 5.91 Å². The van der Waals surface area contributed by atoms with Crippen LogP contribution >= 0.6 is 22.7 Å². The highest BCUT2D eigenvalue weighted by atomic mass is 32.1. The van der Waals surface area contributed by atoms with E-state index in [4.69, 9.17) is 0 Å². The molecule has 5 heteroatoms. The number of fused-ring (bicyclic) bond motifs is 1. The van der Waals surface area contributed by atoms with Crippen LogP contribution in [0.5, 0.6) is 0 Å². The van der Waals surface area contributed by atoms with Crippen molar-refractivity contribution in [3.8, 4) is 0 Å². The Bertz CT molecular complexity index is 548. The van der Waals surface area contributed by atoms with E-state index in [0.29, 0.717) is 6.54 Å². The molecule has 0 aliphatic carbocycles. The maximum atomic E-state index is 12.1. The molecule has 1 aliphatic heterocycles. The van der Waals surface area contributed by atoms with Gasteiger partial charge in [-0.2, -0.15) is 0 Å². The first kappa shape index (κ1) is 12.8. The molecule has 0 saturated carbocycles. The zero-order chi connectivity index (χ0) is 13.1. The van der Waals surface area contributed by atoms with Crippen LogP contribution in [0.4, 0.5) is 0 Å². The molecule has 0 bridgehead atoms. The van der Waals surface area contributed by atoms with Gasteiger partial charge < -0.3 is 10.2 Å². The number of thiophene rings is 2. The summed E-state index contributed by atoms with van der Waals surface area (Å²) >= 11 is 3.52. The summed E-state index contributed by atoms with van der Waals surface area (Å²) in [6.07, 6.45) is 1.00. The topological polar surface area (TPSA) is 32.3 Å². The molecule has 0 atom stereocenters. The fourth-order valence-corrected chi connectivity index (χ4v) is 3.84. The van der Waals surface area contributed by atoms with E-state index >= 15 is 0 Å². The molecule has 3 heterocycles. The van der Waals surface area contributed by atoms with Crippen LogP contribution in [0, 0.1) is 0 Å². The molecular weight excluding hydrogens is 276 g/mol. The van der Waals surface area contributed by atoms with Gasteiger partial charge in [0.05, 0.1) is 6.54 Å². The van der Waals surface area contributed by atoms with E-state index in [1.54, 1.807) is 22.7 Å². The number of nitrogens with one attached hydrogen (secondary N) is 1. The Morgan fingerprint density at radius 3 is 3.11 bits per heavy atom. The number of amides is 1. The van der Waals surface area contributed by atoms with Gasteiger partial charge in [0.25, 0.3) is 0 Å². The second-order valence-electron chi connectivity index (χ2n) is 4.62. The summed E-state index contributed by atoms with van der Waals surface area (Å²) in [4.78, 5) is 16.8. The first-order valence-corrected chi connectivity index (χ1v) is 8.15. The Balaban J connectivity index is 1.49. The zero-order valence-corrected chi connectivity index (χ0v) is 12.2. The fourth-order valence-electron chi connectivity index (χ4n) is 2.28. The van der Waals surface area contributed by atoms with Crippen LogP contribution in [0.2, 0.25) is 0 Å². The summed E-state index contributed by atoms with van der Waals surface area (Å²) in [6.45, 7) is 2.84. The predicted molar refractivity (Wildman–Crippen MR) is 79.5 cm³/mol. The maximum absolute atomic E-state index is 12.1. The van der Waals surface area contributed by atoms with E-state index in [-0.39, 0.29) is 5.91 Å². The smallest absolute Gasteiger partial charge is 0.236 e. The average molecular weight is 292 g/mol. The minimum absolute atomic E-state index is 0.202. The molecule has 0 saturated heterocycles. The molecule has 3 nitrogen and oxygen atoms in total. The predicted octanol–water partition coefficient (Wildman–Crippen LogP) is 2.48. The van der Waals surface area contributed by atoms with Crippen molar-refractivity contribution in [1.29, 1.82) is 0 Å². The van der Waals surface area contributed by atoms with E-state index in [9.17, 15) is 4.79 Å². The molecule has 0 fully saturated rings. The van der Waals surface area contributed by atoms with Crippen LogP contribution in [0.1, 0.15) is 15.3 Å². The lowest BCUT2D eigenvalue weighted by Gasteiger charge is -2.27. The van der Waals surface area contributed by atoms with E-state index in [0.717, 1.165) is 26.1 Å². The second-order valence-corrected chi connectivity index (χ2v) is 6.65. The fraction of sp³-hybridized carbons (Fsp3) is 0.357. The normalized spacial score (nSPS) is 14.4. The van der Waals surface area contributed by atoms with Gasteiger partial charge in [-0.3, -0.25) is 4.79 Å². The molecule has 1 aliphatic rings. The van der Waals surface area contributed by atoms with Crippen LogP contribution in [0.3, 0.4) is 0 Å². The molecule has 19 heavy (non-hydrogen) atoms. The highest BCUT2D eigenvalue weighted by Gasteiger charge is 2.20. The van der Waals surface area contributed by atoms with Crippen LogP contribution in [-0.4, -0.2) is 23.9 Å². The standard InChI is InChI=1S/C14H16N2OS2/c17-14(9-15-8-12-2-1-6-18-12)16-5-3-13-11(10-16)4-7-19-13/h1-2,4,6-7,15H,3,5,8-10H2. The Kier molecular flexibility index (Phi) is 3.96. The van der Waals surface area contributed by atoms with Crippen molar-refractivity contribution in [1.82, 2.24) is 10.2 Å². The molecule has 0 unspecified atom stereocenters. The van der Waals surface area contributed by atoms with Crippen LogP contribution in [0.15, 0.2) is 29.0 Å². The molecule has 1 amide bonds. The van der Waals surface area contributed by atoms with Crippen molar-refractivity contribution in [2.75, 3.05) is 13.1 Å². The van der Waals surface area contributed by atoms with Crippen molar-refractivity contribution in [3.05, 3.63) is 44.3 Å². The number of hydrogen-bond acceptors (Lipinski definition) is 4. The highest BCUT2D eigenvalue weighted by Crippen LogP contribution is 2.23. The summed E-state index contributed by atoms with van der Waals surface area (Å²) in [5.74, 6) is 0.202. The lowest BCUT2D eigenvalue weighted by molar-refractivity contribution is -0.131. The molecule has 0 spiro atoms. The molecular formula is C14H16N2OS2. The quantitative estimate of drug-likeness (QED) is 0.939. The molecule has 0 aromatic carbocycles. The molecule has 2 aromatic heterocycles. The lowest BCUT2D eigenvalue weighted by atomic mass is 10.1. The maximum Gasteiger partial charge on any atom is 0.236 e. The summed E-state index contributed by atoms with van der Waals surface area (Å²) in [7, 11) is 0. The van der Waals surface area contributed by atoms with E-state index in [2.05, 4.69) is 28.2 Å². The van der Waals surface area contributed by atoms with E-state index < -0.39 is 0 Å². The Labute approximate surface area is 120 Å². The van der Waals surface area contributed by atoms with Crippen LogP contribution < -0.4 is 5.32 Å². The first-order valence-electron chi connectivity index (χ1n) is 6.39. The number of carbonyl (C=O) groups excluding carboxylic acids is 1. The van der Waals surface area contributed by atoms with Crippen molar-refractivity contribution in [3.63, 3.8) is 0 Å². The van der Waals surface area contributed by atoms with Gasteiger partial charge in [-0.15, -0.1) is 22.7 Å². The SMILES string of the molecule is O=C(CNCc1cccs1)N1CCc2sccc2C1. The largest absolute Gasteiger partial charge is 0.337 e. The van der Waals surface area contributed by atoms with Gasteiger partial charge in [0, 0.05) is 29.4 Å². The van der Waals surface area contributed by atoms with Crippen molar-refractivity contribution < 1.29 is 4.79 Å². The molecule has 0 radical (unpaired) electrons. The summed E-state index contributed by atoms with van der Waals surface area (Å²) in [5, 5.41) is 7.40. The minimum atomic E-state index is 0.202.